The first kappa shape index (κ1) is 22.2. The molecule has 0 aliphatic carbocycles. The molecule has 0 aromatic heterocycles. The number of nitrogens with zero attached hydrogens (tertiary/aromatic N) is 1. The number of carbonyl (C=O) groups is 2. The molecule has 1 aliphatic heterocycles. The minimum absolute atomic E-state index is 0.0509. The van der Waals surface area contributed by atoms with E-state index in [0.717, 1.165) is 44.5 Å². The summed E-state index contributed by atoms with van der Waals surface area (Å²) in [6.07, 6.45) is 8.34. The van der Waals surface area contributed by atoms with E-state index in [-0.39, 0.29) is 17.7 Å². The minimum atomic E-state index is 0.0509. The van der Waals surface area contributed by atoms with Crippen LogP contribution in [0.4, 0.5) is 5.69 Å². The largest absolute Gasteiger partial charge is 0.339 e. The first-order valence-corrected chi connectivity index (χ1v) is 10.5. The third kappa shape index (κ3) is 7.12. The molecule has 1 unspecified atom stereocenters. The molecule has 1 aromatic carbocycles. The SMILES string of the molecule is CNCc1ccc(NC(=O)CCCCCN2CC=CCC(C(C)C)C2=O)cc1. The van der Waals surface area contributed by atoms with Gasteiger partial charge in [-0.15, -0.1) is 0 Å². The third-order valence-corrected chi connectivity index (χ3v) is 5.27. The highest BCUT2D eigenvalue weighted by atomic mass is 16.2. The number of rotatable bonds is 10. The lowest BCUT2D eigenvalue weighted by atomic mass is 9.91. The maximum atomic E-state index is 12.6. The van der Waals surface area contributed by atoms with E-state index in [1.54, 1.807) is 0 Å². The lowest BCUT2D eigenvalue weighted by Crippen LogP contribution is -2.37. The molecule has 1 heterocycles. The van der Waals surface area contributed by atoms with E-state index < -0.39 is 0 Å². The summed E-state index contributed by atoms with van der Waals surface area (Å²) in [4.78, 5) is 26.7. The van der Waals surface area contributed by atoms with Crippen LogP contribution in [-0.4, -0.2) is 36.9 Å². The molecule has 2 N–H and O–H groups in total. The highest BCUT2D eigenvalue weighted by Crippen LogP contribution is 2.22. The van der Waals surface area contributed by atoms with Gasteiger partial charge in [-0.25, -0.2) is 0 Å². The molecule has 0 saturated carbocycles. The summed E-state index contributed by atoms with van der Waals surface area (Å²) in [7, 11) is 1.91. The van der Waals surface area contributed by atoms with Crippen molar-refractivity contribution < 1.29 is 9.59 Å². The van der Waals surface area contributed by atoms with Crippen LogP contribution >= 0.6 is 0 Å². The zero-order valence-corrected chi connectivity index (χ0v) is 17.5. The number of hydrogen-bond donors (Lipinski definition) is 2. The average Bonchev–Trinajstić information content (AvgIpc) is 2.85. The number of nitrogens with one attached hydrogen (secondary N) is 2. The van der Waals surface area contributed by atoms with Crippen LogP contribution in [0.5, 0.6) is 0 Å². The Balaban J connectivity index is 1.66. The summed E-state index contributed by atoms with van der Waals surface area (Å²) in [6, 6.07) is 7.91. The predicted molar refractivity (Wildman–Crippen MR) is 115 cm³/mol. The van der Waals surface area contributed by atoms with Gasteiger partial charge in [0.15, 0.2) is 0 Å². The summed E-state index contributed by atoms with van der Waals surface area (Å²) in [5.41, 5.74) is 2.03. The summed E-state index contributed by atoms with van der Waals surface area (Å²) < 4.78 is 0. The Kier molecular flexibility index (Phi) is 9.21. The van der Waals surface area contributed by atoms with Gasteiger partial charge < -0.3 is 15.5 Å². The average molecular weight is 386 g/mol. The van der Waals surface area contributed by atoms with Crippen molar-refractivity contribution in [3.63, 3.8) is 0 Å². The summed E-state index contributed by atoms with van der Waals surface area (Å²) in [5.74, 6) is 0.798. The molecule has 0 radical (unpaired) electrons. The first-order valence-electron chi connectivity index (χ1n) is 10.5. The van der Waals surface area contributed by atoms with Crippen molar-refractivity contribution in [2.45, 2.75) is 52.5 Å². The fourth-order valence-electron chi connectivity index (χ4n) is 3.53. The van der Waals surface area contributed by atoms with E-state index in [4.69, 9.17) is 0 Å². The maximum absolute atomic E-state index is 12.6. The van der Waals surface area contributed by atoms with Gasteiger partial charge in [0.05, 0.1) is 0 Å². The minimum Gasteiger partial charge on any atom is -0.339 e. The lowest BCUT2D eigenvalue weighted by Gasteiger charge is -2.26. The van der Waals surface area contributed by atoms with Crippen molar-refractivity contribution in [3.05, 3.63) is 42.0 Å². The number of hydrogen-bond acceptors (Lipinski definition) is 3. The molecule has 1 atom stereocenters. The Hall–Kier alpha value is -2.14. The number of allylic oxidation sites excluding steroid dienone is 1. The lowest BCUT2D eigenvalue weighted by molar-refractivity contribution is -0.136. The molecule has 2 rings (SSSR count). The van der Waals surface area contributed by atoms with Crippen LogP contribution in [0, 0.1) is 11.8 Å². The van der Waals surface area contributed by atoms with E-state index in [9.17, 15) is 9.59 Å². The monoisotopic (exact) mass is 385 g/mol. The van der Waals surface area contributed by atoms with Gasteiger partial charge in [-0.3, -0.25) is 9.59 Å². The molecular formula is C23H35N3O2. The Labute approximate surface area is 169 Å². The van der Waals surface area contributed by atoms with Gasteiger partial charge in [0.25, 0.3) is 0 Å². The maximum Gasteiger partial charge on any atom is 0.226 e. The highest BCUT2D eigenvalue weighted by molar-refractivity contribution is 5.90. The van der Waals surface area contributed by atoms with Crippen LogP contribution in [0.1, 0.15) is 51.5 Å². The molecule has 28 heavy (non-hydrogen) atoms. The Bertz CT molecular complexity index is 652. The third-order valence-electron chi connectivity index (χ3n) is 5.27. The quantitative estimate of drug-likeness (QED) is 0.473. The smallest absolute Gasteiger partial charge is 0.226 e. The van der Waals surface area contributed by atoms with Gasteiger partial charge in [-0.1, -0.05) is 44.6 Å². The van der Waals surface area contributed by atoms with Crippen molar-refractivity contribution in [1.82, 2.24) is 10.2 Å². The number of anilines is 1. The van der Waals surface area contributed by atoms with Crippen LogP contribution in [-0.2, 0) is 16.1 Å². The summed E-state index contributed by atoms with van der Waals surface area (Å²) >= 11 is 0. The van der Waals surface area contributed by atoms with E-state index in [2.05, 4.69) is 36.6 Å². The fraction of sp³-hybridized carbons (Fsp3) is 0.565. The molecule has 1 aromatic rings. The molecule has 0 bridgehead atoms. The Morgan fingerprint density at radius 3 is 2.57 bits per heavy atom. The van der Waals surface area contributed by atoms with Crippen LogP contribution in [0.2, 0.25) is 0 Å². The number of unbranched alkanes of at least 4 members (excludes halogenated alkanes) is 2. The van der Waals surface area contributed by atoms with E-state index in [1.807, 2.05) is 36.2 Å². The standard InChI is InChI=1S/C23H35N3O2/c1-18(2)21-9-6-8-16-26(23(21)28)15-7-4-5-10-22(27)25-20-13-11-19(12-14-20)17-24-3/h6,8,11-14,18,21,24H,4-5,7,9-10,15-17H2,1-3H3,(H,25,27). The second kappa shape index (κ2) is 11.6. The molecule has 154 valence electrons. The molecule has 2 amide bonds. The molecular weight excluding hydrogens is 350 g/mol. The first-order chi connectivity index (χ1) is 13.5. The number of benzene rings is 1. The zero-order valence-electron chi connectivity index (χ0n) is 17.5. The van der Waals surface area contributed by atoms with Gasteiger partial charge in [-0.2, -0.15) is 0 Å². The fourth-order valence-corrected chi connectivity index (χ4v) is 3.53. The molecule has 5 heteroatoms. The van der Waals surface area contributed by atoms with Gasteiger partial charge in [0.2, 0.25) is 11.8 Å². The molecule has 0 saturated heterocycles. The van der Waals surface area contributed by atoms with Gasteiger partial charge in [0.1, 0.15) is 0 Å². The van der Waals surface area contributed by atoms with Crippen LogP contribution in [0.25, 0.3) is 0 Å². The Morgan fingerprint density at radius 2 is 1.89 bits per heavy atom. The van der Waals surface area contributed by atoms with Crippen molar-refractivity contribution in [2.24, 2.45) is 11.8 Å². The molecule has 5 nitrogen and oxygen atoms in total. The van der Waals surface area contributed by atoms with E-state index in [0.29, 0.717) is 18.9 Å². The van der Waals surface area contributed by atoms with Gasteiger partial charge in [-0.05, 0) is 49.9 Å². The highest BCUT2D eigenvalue weighted by Gasteiger charge is 2.26. The topological polar surface area (TPSA) is 61.4 Å². The van der Waals surface area contributed by atoms with Crippen molar-refractivity contribution in [2.75, 3.05) is 25.5 Å². The number of amides is 2. The van der Waals surface area contributed by atoms with Crippen molar-refractivity contribution >= 4 is 17.5 Å². The van der Waals surface area contributed by atoms with E-state index >= 15 is 0 Å². The second-order valence-electron chi connectivity index (χ2n) is 7.93. The van der Waals surface area contributed by atoms with Crippen LogP contribution in [0.3, 0.4) is 0 Å². The van der Waals surface area contributed by atoms with Gasteiger partial charge in [0, 0.05) is 37.7 Å². The summed E-state index contributed by atoms with van der Waals surface area (Å²) in [5, 5.41) is 6.06. The molecule has 1 aliphatic rings. The second-order valence-corrected chi connectivity index (χ2v) is 7.93. The van der Waals surface area contributed by atoms with Crippen LogP contribution in [0.15, 0.2) is 36.4 Å². The van der Waals surface area contributed by atoms with Crippen molar-refractivity contribution in [1.29, 1.82) is 0 Å². The molecule has 0 fully saturated rings. The van der Waals surface area contributed by atoms with E-state index in [1.165, 1.54) is 5.56 Å². The normalized spacial score (nSPS) is 17.1. The van der Waals surface area contributed by atoms with Gasteiger partial charge >= 0.3 is 0 Å². The Morgan fingerprint density at radius 1 is 1.14 bits per heavy atom. The zero-order chi connectivity index (χ0) is 20.4. The van der Waals surface area contributed by atoms with Crippen molar-refractivity contribution in [3.8, 4) is 0 Å². The molecule has 0 spiro atoms. The predicted octanol–water partition coefficient (Wildman–Crippen LogP) is 3.97. The summed E-state index contributed by atoms with van der Waals surface area (Å²) in [6.45, 7) is 6.55. The number of carbonyl (C=O) groups excluding carboxylic acids is 2. The van der Waals surface area contributed by atoms with Crippen LogP contribution < -0.4 is 10.6 Å².